The molecule has 1 aromatic carbocycles. The van der Waals surface area contributed by atoms with Crippen molar-refractivity contribution in [2.24, 2.45) is 0 Å². The number of hydrogen-bond acceptors (Lipinski definition) is 2. The highest BCUT2D eigenvalue weighted by atomic mass is 35.5. The van der Waals surface area contributed by atoms with E-state index >= 15 is 0 Å². The minimum absolute atomic E-state index is 0.0816. The van der Waals surface area contributed by atoms with Gasteiger partial charge in [-0.15, -0.1) is 0 Å². The van der Waals surface area contributed by atoms with E-state index < -0.39 is 0 Å². The van der Waals surface area contributed by atoms with Gasteiger partial charge in [0.25, 0.3) is 0 Å². The Morgan fingerprint density at radius 1 is 1.35 bits per heavy atom. The van der Waals surface area contributed by atoms with Crippen LogP contribution in [0.1, 0.15) is 19.3 Å². The predicted octanol–water partition coefficient (Wildman–Crippen LogP) is 3.07. The second kappa shape index (κ2) is 5.61. The number of halogens is 2. The minimum atomic E-state index is 0.0816. The zero-order valence-corrected chi connectivity index (χ0v) is 10.8. The fraction of sp³-hybridized carbons (Fsp3) is 0.417. The lowest BCUT2D eigenvalue weighted by Gasteiger charge is -2.09. The van der Waals surface area contributed by atoms with Gasteiger partial charge in [-0.3, -0.25) is 4.79 Å². The highest BCUT2D eigenvalue weighted by Crippen LogP contribution is 2.29. The molecule has 92 valence electrons. The summed E-state index contributed by atoms with van der Waals surface area (Å²) >= 11 is 11.9. The van der Waals surface area contributed by atoms with Gasteiger partial charge in [-0.2, -0.15) is 0 Å². The monoisotopic (exact) mass is 272 g/mol. The van der Waals surface area contributed by atoms with E-state index in [1.165, 1.54) is 0 Å². The zero-order valence-electron chi connectivity index (χ0n) is 9.30. The van der Waals surface area contributed by atoms with E-state index in [1.54, 1.807) is 6.07 Å². The molecule has 0 bridgehead atoms. The molecule has 1 aliphatic rings. The first-order chi connectivity index (χ1) is 8.16. The highest BCUT2D eigenvalue weighted by molar-refractivity contribution is 6.43. The lowest BCUT2D eigenvalue weighted by Crippen LogP contribution is -2.27. The van der Waals surface area contributed by atoms with Crippen molar-refractivity contribution in [1.29, 1.82) is 0 Å². The molecule has 0 spiro atoms. The van der Waals surface area contributed by atoms with Crippen LogP contribution in [0.3, 0.4) is 0 Å². The van der Waals surface area contributed by atoms with Crippen LogP contribution in [0.25, 0.3) is 0 Å². The number of anilines is 1. The van der Waals surface area contributed by atoms with Crippen molar-refractivity contribution >= 4 is 34.8 Å². The van der Waals surface area contributed by atoms with E-state index in [2.05, 4.69) is 10.6 Å². The van der Waals surface area contributed by atoms with Crippen molar-refractivity contribution in [1.82, 2.24) is 5.32 Å². The molecule has 3 nitrogen and oxygen atoms in total. The van der Waals surface area contributed by atoms with Gasteiger partial charge < -0.3 is 10.6 Å². The van der Waals surface area contributed by atoms with Gasteiger partial charge in [-0.05, 0) is 25.0 Å². The first-order valence-corrected chi connectivity index (χ1v) is 6.39. The molecule has 1 amide bonds. The van der Waals surface area contributed by atoms with Gasteiger partial charge in [0, 0.05) is 19.0 Å². The fourth-order valence-corrected chi connectivity index (χ4v) is 1.85. The summed E-state index contributed by atoms with van der Waals surface area (Å²) in [5.41, 5.74) is 0.762. The van der Waals surface area contributed by atoms with Gasteiger partial charge in [-0.1, -0.05) is 29.3 Å². The largest absolute Gasteiger partial charge is 0.383 e. The van der Waals surface area contributed by atoms with E-state index in [0.717, 1.165) is 18.5 Å². The van der Waals surface area contributed by atoms with Crippen molar-refractivity contribution in [2.45, 2.75) is 25.3 Å². The van der Waals surface area contributed by atoms with Crippen LogP contribution < -0.4 is 10.6 Å². The molecule has 2 rings (SSSR count). The molecule has 1 saturated carbocycles. The minimum Gasteiger partial charge on any atom is -0.383 e. The molecule has 0 aromatic heterocycles. The second-order valence-electron chi connectivity index (χ2n) is 4.12. The van der Waals surface area contributed by atoms with Gasteiger partial charge in [0.05, 0.1) is 15.7 Å². The summed E-state index contributed by atoms with van der Waals surface area (Å²) in [4.78, 5) is 11.4. The number of hydrogen-bond donors (Lipinski definition) is 2. The summed E-state index contributed by atoms with van der Waals surface area (Å²) in [5, 5.41) is 7.04. The molecule has 0 atom stereocenters. The van der Waals surface area contributed by atoms with Gasteiger partial charge >= 0.3 is 0 Å². The van der Waals surface area contributed by atoms with E-state index in [1.807, 2.05) is 12.1 Å². The zero-order chi connectivity index (χ0) is 12.3. The van der Waals surface area contributed by atoms with Crippen LogP contribution in [0.5, 0.6) is 0 Å². The summed E-state index contributed by atoms with van der Waals surface area (Å²) in [6.45, 7) is 0.554. The smallest absolute Gasteiger partial charge is 0.221 e. The first-order valence-electron chi connectivity index (χ1n) is 5.64. The Kier molecular flexibility index (Phi) is 4.13. The molecule has 1 aliphatic carbocycles. The molecule has 17 heavy (non-hydrogen) atoms. The molecule has 2 N–H and O–H groups in total. The molecule has 0 radical (unpaired) electrons. The Morgan fingerprint density at radius 2 is 2.12 bits per heavy atom. The number of benzene rings is 1. The maximum Gasteiger partial charge on any atom is 0.221 e. The van der Waals surface area contributed by atoms with Crippen molar-refractivity contribution < 1.29 is 4.79 Å². The summed E-state index contributed by atoms with van der Waals surface area (Å²) in [6.07, 6.45) is 2.66. The average molecular weight is 273 g/mol. The summed E-state index contributed by atoms with van der Waals surface area (Å²) in [7, 11) is 0. The quantitative estimate of drug-likeness (QED) is 0.865. The van der Waals surface area contributed by atoms with Crippen LogP contribution in [0.2, 0.25) is 10.0 Å². The van der Waals surface area contributed by atoms with E-state index in [9.17, 15) is 4.79 Å². The van der Waals surface area contributed by atoms with Gasteiger partial charge in [0.15, 0.2) is 0 Å². The maximum absolute atomic E-state index is 11.4. The standard InChI is InChI=1S/C12H14Cl2N2O/c13-9-2-1-3-10(12(9)14)15-7-6-11(17)16-8-4-5-8/h1-3,8,15H,4-7H2,(H,16,17). The van der Waals surface area contributed by atoms with Crippen LogP contribution in [-0.2, 0) is 4.79 Å². The Labute approximate surface area is 110 Å². The average Bonchev–Trinajstić information content (AvgIpc) is 3.08. The highest BCUT2D eigenvalue weighted by Gasteiger charge is 2.22. The molecule has 0 saturated heterocycles. The normalized spacial score (nSPS) is 14.5. The molecule has 5 heteroatoms. The predicted molar refractivity (Wildman–Crippen MR) is 70.7 cm³/mol. The summed E-state index contributed by atoms with van der Waals surface area (Å²) in [6, 6.07) is 5.81. The van der Waals surface area contributed by atoms with E-state index in [0.29, 0.717) is 29.1 Å². The van der Waals surface area contributed by atoms with E-state index in [-0.39, 0.29) is 5.91 Å². The molecule has 1 aromatic rings. The third-order valence-corrected chi connectivity index (χ3v) is 3.38. The SMILES string of the molecule is O=C(CCNc1cccc(Cl)c1Cl)NC1CC1. The first kappa shape index (κ1) is 12.5. The Morgan fingerprint density at radius 3 is 2.82 bits per heavy atom. The van der Waals surface area contributed by atoms with Crippen LogP contribution in [0, 0.1) is 0 Å². The molecule has 1 fully saturated rings. The van der Waals surface area contributed by atoms with Crippen molar-refractivity contribution in [3.63, 3.8) is 0 Å². The van der Waals surface area contributed by atoms with Crippen LogP contribution in [0.4, 0.5) is 5.69 Å². The lowest BCUT2D eigenvalue weighted by molar-refractivity contribution is -0.120. The van der Waals surface area contributed by atoms with Crippen LogP contribution >= 0.6 is 23.2 Å². The number of nitrogens with one attached hydrogen (secondary N) is 2. The number of amides is 1. The van der Waals surface area contributed by atoms with Crippen molar-refractivity contribution in [3.8, 4) is 0 Å². The maximum atomic E-state index is 11.4. The molecular formula is C12H14Cl2N2O. The fourth-order valence-electron chi connectivity index (χ4n) is 1.48. The van der Waals surface area contributed by atoms with Gasteiger partial charge in [0.1, 0.15) is 0 Å². The van der Waals surface area contributed by atoms with Gasteiger partial charge in [0.2, 0.25) is 5.91 Å². The Balaban J connectivity index is 1.77. The molecule has 0 unspecified atom stereocenters. The lowest BCUT2D eigenvalue weighted by atomic mass is 10.3. The molecular weight excluding hydrogens is 259 g/mol. The topological polar surface area (TPSA) is 41.1 Å². The van der Waals surface area contributed by atoms with Crippen LogP contribution in [-0.4, -0.2) is 18.5 Å². The summed E-state index contributed by atoms with van der Waals surface area (Å²) in [5.74, 6) is 0.0816. The molecule has 0 aliphatic heterocycles. The second-order valence-corrected chi connectivity index (χ2v) is 4.91. The summed E-state index contributed by atoms with van der Waals surface area (Å²) < 4.78 is 0. The third-order valence-electron chi connectivity index (χ3n) is 2.56. The number of carbonyl (C=O) groups excluding carboxylic acids is 1. The Hall–Kier alpha value is -0.930. The number of carbonyl (C=O) groups is 1. The van der Waals surface area contributed by atoms with Crippen LogP contribution in [0.15, 0.2) is 18.2 Å². The van der Waals surface area contributed by atoms with Gasteiger partial charge in [-0.25, -0.2) is 0 Å². The Bertz CT molecular complexity index is 419. The van der Waals surface area contributed by atoms with Crippen molar-refractivity contribution in [3.05, 3.63) is 28.2 Å². The molecule has 0 heterocycles. The number of rotatable bonds is 5. The van der Waals surface area contributed by atoms with Crippen molar-refractivity contribution in [2.75, 3.05) is 11.9 Å². The third kappa shape index (κ3) is 3.79. The van der Waals surface area contributed by atoms with E-state index in [4.69, 9.17) is 23.2 Å².